The van der Waals surface area contributed by atoms with Crippen LogP contribution in [-0.2, 0) is 30.4 Å². The second kappa shape index (κ2) is 11.1. The number of nitrogens with two attached hydrogens (primary N) is 1. The second-order valence-electron chi connectivity index (χ2n) is 7.58. The molecule has 1 fully saturated rings. The number of aliphatic carboxylic acids is 1. The highest BCUT2D eigenvalue weighted by atomic mass is 16.4. The van der Waals surface area contributed by atoms with Crippen molar-refractivity contribution < 1.29 is 39.9 Å². The molecule has 1 aromatic rings. The Kier molecular flexibility index (Phi) is 8.53. The summed E-state index contributed by atoms with van der Waals surface area (Å²) in [5, 5.41) is 24.3. The fourth-order valence-corrected chi connectivity index (χ4v) is 3.50. The first-order valence-electron chi connectivity index (χ1n) is 10.1. The minimum atomic E-state index is -1.54. The maximum absolute atomic E-state index is 12.9. The first-order chi connectivity index (χ1) is 15.1. The number of aromatic hydroxyl groups is 1. The third-order valence-corrected chi connectivity index (χ3v) is 5.05. The summed E-state index contributed by atoms with van der Waals surface area (Å²) in [6.45, 7) is -0.464. The number of carboxylic acids is 1. The molecule has 8 N–H and O–H groups in total. The average molecular weight is 449 g/mol. The molecule has 174 valence electrons. The molecule has 1 aliphatic rings. The number of phenols is 1. The molecule has 1 heterocycles. The van der Waals surface area contributed by atoms with Crippen molar-refractivity contribution >= 4 is 29.6 Å². The van der Waals surface area contributed by atoms with Gasteiger partial charge in [0.15, 0.2) is 6.04 Å². The Morgan fingerprint density at radius 3 is 2.47 bits per heavy atom. The van der Waals surface area contributed by atoms with Crippen LogP contribution in [0, 0.1) is 0 Å². The molecule has 0 bridgehead atoms. The highest BCUT2D eigenvalue weighted by Crippen LogP contribution is 2.19. The van der Waals surface area contributed by atoms with Gasteiger partial charge < -0.3 is 42.0 Å². The van der Waals surface area contributed by atoms with Crippen molar-refractivity contribution in [1.29, 1.82) is 0 Å². The minimum absolute atomic E-state index is 0.103. The first-order valence-corrected chi connectivity index (χ1v) is 10.1. The van der Waals surface area contributed by atoms with Gasteiger partial charge in [-0.2, -0.15) is 0 Å². The zero-order valence-corrected chi connectivity index (χ0v) is 17.4. The Bertz CT molecular complexity index is 874. The number of nitrogens with one attached hydrogen (secondary N) is 2. The smallest absolute Gasteiger partial charge is 0.281 e. The van der Waals surface area contributed by atoms with Crippen LogP contribution >= 0.6 is 0 Å². The molecule has 12 nitrogen and oxygen atoms in total. The molecule has 12 heteroatoms. The van der Waals surface area contributed by atoms with Crippen molar-refractivity contribution in [2.45, 2.75) is 43.8 Å². The lowest BCUT2D eigenvalue weighted by Crippen LogP contribution is -2.69. The average Bonchev–Trinajstić information content (AvgIpc) is 3.22. The zero-order chi connectivity index (χ0) is 23.8. The SMILES string of the molecule is NC(=O)CC(NC(=O)C1CCCN1C(=O)C([NH3+])Cc1ccc(O)cc1)C(=O)NCC(=O)[O-]. The summed E-state index contributed by atoms with van der Waals surface area (Å²) >= 11 is 0. The quantitative estimate of drug-likeness (QED) is 0.237. The highest BCUT2D eigenvalue weighted by molar-refractivity contribution is 5.95. The molecule has 2 rings (SSSR count). The molecule has 0 aliphatic carbocycles. The van der Waals surface area contributed by atoms with Crippen molar-refractivity contribution in [2.75, 3.05) is 13.1 Å². The van der Waals surface area contributed by atoms with E-state index in [9.17, 15) is 34.2 Å². The van der Waals surface area contributed by atoms with Gasteiger partial charge in [0.2, 0.25) is 17.7 Å². The summed E-state index contributed by atoms with van der Waals surface area (Å²) in [4.78, 5) is 61.1. The number of primary amides is 1. The fourth-order valence-electron chi connectivity index (χ4n) is 3.50. The van der Waals surface area contributed by atoms with Crippen molar-refractivity contribution in [2.24, 2.45) is 5.73 Å². The summed E-state index contributed by atoms with van der Waals surface area (Å²) in [6.07, 6.45) is 0.685. The minimum Gasteiger partial charge on any atom is -0.548 e. The number of hydrogen-bond donors (Lipinski definition) is 5. The number of benzene rings is 1. The van der Waals surface area contributed by atoms with Crippen LogP contribution in [0.15, 0.2) is 24.3 Å². The zero-order valence-electron chi connectivity index (χ0n) is 17.4. The molecule has 1 aromatic carbocycles. The summed E-state index contributed by atoms with van der Waals surface area (Å²) < 4.78 is 0. The molecule has 3 unspecified atom stereocenters. The third-order valence-electron chi connectivity index (χ3n) is 5.05. The third kappa shape index (κ3) is 6.94. The molecule has 1 aliphatic heterocycles. The molecular formula is C20H27N5O7. The van der Waals surface area contributed by atoms with Crippen LogP contribution in [0.3, 0.4) is 0 Å². The number of amides is 4. The van der Waals surface area contributed by atoms with Gasteiger partial charge in [0.05, 0.1) is 18.9 Å². The molecule has 1 saturated heterocycles. The Labute approximate surface area is 183 Å². The van der Waals surface area contributed by atoms with E-state index in [1.165, 1.54) is 17.0 Å². The normalized spacial score (nSPS) is 17.3. The van der Waals surface area contributed by atoms with Gasteiger partial charge >= 0.3 is 0 Å². The van der Waals surface area contributed by atoms with E-state index in [1.54, 1.807) is 12.1 Å². The maximum atomic E-state index is 12.9. The summed E-state index contributed by atoms with van der Waals surface area (Å²) in [5.74, 6) is -4.20. The molecule has 32 heavy (non-hydrogen) atoms. The molecule has 3 atom stereocenters. The van der Waals surface area contributed by atoms with Crippen LogP contribution in [0.25, 0.3) is 0 Å². The van der Waals surface area contributed by atoms with Crippen molar-refractivity contribution in [3.8, 4) is 5.75 Å². The van der Waals surface area contributed by atoms with Crippen molar-refractivity contribution in [3.63, 3.8) is 0 Å². The number of quaternary nitrogens is 1. The summed E-state index contributed by atoms with van der Waals surface area (Å²) in [5.41, 5.74) is 9.81. The Balaban J connectivity index is 2.04. The number of likely N-dealkylation sites (tertiary alicyclic amines) is 1. The Hall–Kier alpha value is -3.67. The number of nitrogens with zero attached hydrogens (tertiary/aromatic N) is 1. The number of hydrogen-bond acceptors (Lipinski definition) is 7. The predicted molar refractivity (Wildman–Crippen MR) is 107 cm³/mol. The monoisotopic (exact) mass is 449 g/mol. The van der Waals surface area contributed by atoms with Crippen molar-refractivity contribution in [3.05, 3.63) is 29.8 Å². The fraction of sp³-hybridized carbons (Fsp3) is 0.450. The molecule has 4 amide bonds. The lowest BCUT2D eigenvalue weighted by Gasteiger charge is -2.27. The molecule has 0 spiro atoms. The summed E-state index contributed by atoms with van der Waals surface area (Å²) in [6, 6.07) is 3.43. The van der Waals surface area contributed by atoms with E-state index in [2.05, 4.69) is 11.1 Å². The standard InChI is InChI=1S/C20H27N5O7/c21-13(8-11-3-5-12(26)6-4-11)20(32)25-7-1-2-15(25)19(31)24-14(9-16(22)27)18(30)23-10-17(28)29/h3-6,13-15,26H,1-2,7-10,21H2,(H2,22,27)(H,23,30)(H,24,31)(H,28,29). The molecule has 0 aromatic heterocycles. The molecule has 0 radical (unpaired) electrons. The highest BCUT2D eigenvalue weighted by Gasteiger charge is 2.38. The maximum Gasteiger partial charge on any atom is 0.281 e. The van der Waals surface area contributed by atoms with Gasteiger partial charge in [-0.15, -0.1) is 0 Å². The van der Waals surface area contributed by atoms with Crippen LogP contribution in [-0.4, -0.2) is 70.8 Å². The Morgan fingerprint density at radius 2 is 1.88 bits per heavy atom. The van der Waals surface area contributed by atoms with Crippen LogP contribution in [0.5, 0.6) is 5.75 Å². The predicted octanol–water partition coefficient (Wildman–Crippen LogP) is -4.24. The van der Waals surface area contributed by atoms with Gasteiger partial charge in [-0.05, 0) is 30.5 Å². The van der Waals surface area contributed by atoms with E-state index in [-0.39, 0.29) is 11.7 Å². The van der Waals surface area contributed by atoms with Crippen LogP contribution in [0.1, 0.15) is 24.8 Å². The van der Waals surface area contributed by atoms with E-state index >= 15 is 0 Å². The van der Waals surface area contributed by atoms with Crippen molar-refractivity contribution in [1.82, 2.24) is 15.5 Å². The largest absolute Gasteiger partial charge is 0.548 e. The Morgan fingerprint density at radius 1 is 1.22 bits per heavy atom. The van der Waals surface area contributed by atoms with E-state index in [4.69, 9.17) is 5.73 Å². The van der Waals surface area contributed by atoms with Crippen LogP contribution in [0.2, 0.25) is 0 Å². The first kappa shape index (κ1) is 24.6. The van der Waals surface area contributed by atoms with Crippen LogP contribution < -0.4 is 27.2 Å². The van der Waals surface area contributed by atoms with E-state index < -0.39 is 54.8 Å². The van der Waals surface area contributed by atoms with E-state index in [0.29, 0.717) is 25.8 Å². The molecule has 0 saturated carbocycles. The number of phenolic OH excluding ortho intramolecular Hbond substituents is 1. The second-order valence-corrected chi connectivity index (χ2v) is 7.58. The lowest BCUT2D eigenvalue weighted by molar-refractivity contribution is -0.405. The molecular weight excluding hydrogens is 422 g/mol. The van der Waals surface area contributed by atoms with Gasteiger partial charge in [0.1, 0.15) is 17.8 Å². The van der Waals surface area contributed by atoms with Gasteiger partial charge in [0, 0.05) is 13.0 Å². The van der Waals surface area contributed by atoms with Gasteiger partial charge in [-0.25, -0.2) is 0 Å². The van der Waals surface area contributed by atoms with Crippen LogP contribution in [0.4, 0.5) is 0 Å². The number of carbonyl (C=O) groups is 5. The number of carboxylic acid groups (broad SMARTS) is 1. The van der Waals surface area contributed by atoms with E-state index in [1.807, 2.05) is 5.32 Å². The van der Waals surface area contributed by atoms with Gasteiger partial charge in [0.25, 0.3) is 5.91 Å². The van der Waals surface area contributed by atoms with Gasteiger partial charge in [-0.3, -0.25) is 19.2 Å². The van der Waals surface area contributed by atoms with E-state index in [0.717, 1.165) is 5.56 Å². The number of carbonyl (C=O) groups excluding carboxylic acids is 5. The topological polar surface area (TPSA) is 210 Å². The number of rotatable bonds is 10. The summed E-state index contributed by atoms with van der Waals surface area (Å²) in [7, 11) is 0. The van der Waals surface area contributed by atoms with Gasteiger partial charge in [-0.1, -0.05) is 12.1 Å². The lowest BCUT2D eigenvalue weighted by atomic mass is 10.0.